The van der Waals surface area contributed by atoms with Gasteiger partial charge in [0.1, 0.15) is 5.82 Å². The molecule has 1 atom stereocenters. The lowest BCUT2D eigenvalue weighted by Crippen LogP contribution is -2.44. The van der Waals surface area contributed by atoms with Crippen molar-refractivity contribution in [2.75, 3.05) is 5.73 Å². The van der Waals surface area contributed by atoms with Crippen LogP contribution in [-0.4, -0.2) is 16.7 Å². The quantitative estimate of drug-likeness (QED) is 0.656. The number of nitrogens with two attached hydrogens (primary N) is 1. The number of hydrogen-bond acceptors (Lipinski definition) is 3. The first-order valence-electron chi connectivity index (χ1n) is 5.73. The largest absolute Gasteiger partial charge is 0.396 e. The van der Waals surface area contributed by atoms with Crippen molar-refractivity contribution in [3.05, 3.63) is 24.0 Å². The number of thioether (sulfide) groups is 1. The number of carbonyl (C=O) groups excluding carboxylic acids is 1. The van der Waals surface area contributed by atoms with Crippen LogP contribution >= 0.6 is 11.8 Å². The second-order valence-corrected chi connectivity index (χ2v) is 6.60. The minimum absolute atomic E-state index is 0.0651. The maximum atomic E-state index is 13.3. The van der Waals surface area contributed by atoms with E-state index < -0.39 is 5.82 Å². The summed E-state index contributed by atoms with van der Waals surface area (Å²) >= 11 is 1.31. The van der Waals surface area contributed by atoms with E-state index in [1.165, 1.54) is 23.9 Å². The summed E-state index contributed by atoms with van der Waals surface area (Å²) in [5, 5.41) is 2.60. The zero-order valence-electron chi connectivity index (χ0n) is 11.1. The summed E-state index contributed by atoms with van der Waals surface area (Å²) in [7, 11) is 0. The standard InChI is InChI=1S/C13H19FN2OS/c1-8(12(17)16-13(2,3)4)18-9-5-6-11(15)10(14)7-9/h5-8H,15H2,1-4H3,(H,16,17). The zero-order chi connectivity index (χ0) is 13.9. The molecule has 0 aromatic heterocycles. The molecule has 0 fully saturated rings. The van der Waals surface area contributed by atoms with Crippen molar-refractivity contribution < 1.29 is 9.18 Å². The van der Waals surface area contributed by atoms with Gasteiger partial charge in [0.05, 0.1) is 10.9 Å². The highest BCUT2D eigenvalue weighted by Gasteiger charge is 2.20. The molecular formula is C13H19FN2OS. The molecule has 0 radical (unpaired) electrons. The molecule has 100 valence electrons. The molecule has 0 aliphatic heterocycles. The van der Waals surface area contributed by atoms with Gasteiger partial charge in [0, 0.05) is 10.4 Å². The van der Waals surface area contributed by atoms with Crippen LogP contribution in [0, 0.1) is 5.82 Å². The van der Waals surface area contributed by atoms with E-state index in [-0.39, 0.29) is 22.4 Å². The number of hydrogen-bond donors (Lipinski definition) is 2. The van der Waals surface area contributed by atoms with E-state index in [4.69, 9.17) is 5.73 Å². The van der Waals surface area contributed by atoms with Crippen molar-refractivity contribution in [1.82, 2.24) is 5.32 Å². The van der Waals surface area contributed by atoms with Crippen LogP contribution < -0.4 is 11.1 Å². The van der Waals surface area contributed by atoms with Gasteiger partial charge in [-0.2, -0.15) is 0 Å². The second-order valence-electron chi connectivity index (χ2n) is 5.18. The fourth-order valence-electron chi connectivity index (χ4n) is 1.31. The Morgan fingerprint density at radius 1 is 1.44 bits per heavy atom. The van der Waals surface area contributed by atoms with E-state index >= 15 is 0 Å². The molecule has 1 amide bonds. The van der Waals surface area contributed by atoms with Crippen molar-refractivity contribution in [3.8, 4) is 0 Å². The monoisotopic (exact) mass is 270 g/mol. The number of nitrogens with one attached hydrogen (secondary N) is 1. The molecular weight excluding hydrogens is 251 g/mol. The van der Waals surface area contributed by atoms with Crippen molar-refractivity contribution in [1.29, 1.82) is 0 Å². The molecule has 0 saturated carbocycles. The summed E-state index contributed by atoms with van der Waals surface area (Å²) in [4.78, 5) is 12.6. The second kappa shape index (κ2) is 5.61. The molecule has 0 bridgehead atoms. The van der Waals surface area contributed by atoms with Crippen molar-refractivity contribution >= 4 is 23.4 Å². The van der Waals surface area contributed by atoms with Crippen LogP contribution in [0.2, 0.25) is 0 Å². The van der Waals surface area contributed by atoms with Crippen LogP contribution in [0.15, 0.2) is 23.1 Å². The van der Waals surface area contributed by atoms with Gasteiger partial charge < -0.3 is 11.1 Å². The number of halogens is 1. The molecule has 0 saturated heterocycles. The molecule has 0 aliphatic carbocycles. The number of nitrogen functional groups attached to an aromatic ring is 1. The molecule has 1 rings (SSSR count). The Hall–Kier alpha value is -1.23. The highest BCUT2D eigenvalue weighted by Crippen LogP contribution is 2.26. The summed E-state index contributed by atoms with van der Waals surface area (Å²) in [5.41, 5.74) is 5.25. The van der Waals surface area contributed by atoms with E-state index in [9.17, 15) is 9.18 Å². The third-order valence-corrected chi connectivity index (χ3v) is 3.25. The minimum atomic E-state index is -0.455. The summed E-state index contributed by atoms with van der Waals surface area (Å²) in [6.45, 7) is 7.56. The van der Waals surface area contributed by atoms with E-state index in [0.29, 0.717) is 4.90 Å². The van der Waals surface area contributed by atoms with Gasteiger partial charge in [0.15, 0.2) is 0 Å². The van der Waals surface area contributed by atoms with Crippen LogP contribution in [0.1, 0.15) is 27.7 Å². The lowest BCUT2D eigenvalue weighted by Gasteiger charge is -2.23. The summed E-state index contributed by atoms with van der Waals surface area (Å²) in [5.74, 6) is -0.520. The van der Waals surface area contributed by atoms with Crippen molar-refractivity contribution in [3.63, 3.8) is 0 Å². The third kappa shape index (κ3) is 4.56. The summed E-state index contributed by atoms with van der Waals surface area (Å²) in [6.07, 6.45) is 0. The predicted octanol–water partition coefficient (Wildman–Crippen LogP) is 2.80. The topological polar surface area (TPSA) is 55.1 Å². The van der Waals surface area contributed by atoms with Gasteiger partial charge in [0.25, 0.3) is 0 Å². The molecule has 1 aromatic rings. The molecule has 0 spiro atoms. The third-order valence-electron chi connectivity index (χ3n) is 2.15. The Balaban J connectivity index is 2.66. The highest BCUT2D eigenvalue weighted by molar-refractivity contribution is 8.00. The van der Waals surface area contributed by atoms with Gasteiger partial charge in [-0.05, 0) is 45.9 Å². The van der Waals surface area contributed by atoms with E-state index in [1.54, 1.807) is 13.0 Å². The Morgan fingerprint density at radius 2 is 2.06 bits per heavy atom. The van der Waals surface area contributed by atoms with Gasteiger partial charge in [-0.1, -0.05) is 0 Å². The number of carbonyl (C=O) groups is 1. The molecule has 1 aromatic carbocycles. The number of benzene rings is 1. The average Bonchev–Trinajstić information content (AvgIpc) is 2.21. The maximum absolute atomic E-state index is 13.3. The van der Waals surface area contributed by atoms with Gasteiger partial charge in [-0.25, -0.2) is 4.39 Å². The first-order valence-corrected chi connectivity index (χ1v) is 6.61. The zero-order valence-corrected chi connectivity index (χ0v) is 11.9. The fourth-order valence-corrected chi connectivity index (χ4v) is 2.20. The number of anilines is 1. The van der Waals surface area contributed by atoms with Crippen LogP contribution in [0.25, 0.3) is 0 Å². The van der Waals surface area contributed by atoms with Gasteiger partial charge >= 0.3 is 0 Å². The maximum Gasteiger partial charge on any atom is 0.233 e. The van der Waals surface area contributed by atoms with Crippen LogP contribution in [0.3, 0.4) is 0 Å². The Kier molecular flexibility index (Phi) is 4.62. The average molecular weight is 270 g/mol. The Labute approximate surface area is 111 Å². The SMILES string of the molecule is CC(Sc1ccc(N)c(F)c1)C(=O)NC(C)(C)C. The summed E-state index contributed by atoms with van der Waals surface area (Å²) in [6, 6.07) is 4.57. The minimum Gasteiger partial charge on any atom is -0.396 e. The smallest absolute Gasteiger partial charge is 0.233 e. The van der Waals surface area contributed by atoms with E-state index in [2.05, 4.69) is 5.32 Å². The Bertz CT molecular complexity index is 443. The van der Waals surface area contributed by atoms with Gasteiger partial charge in [0.2, 0.25) is 5.91 Å². The van der Waals surface area contributed by atoms with E-state index in [0.717, 1.165) is 0 Å². The van der Waals surface area contributed by atoms with Crippen LogP contribution in [0.4, 0.5) is 10.1 Å². The molecule has 0 aliphatic rings. The molecule has 18 heavy (non-hydrogen) atoms. The highest BCUT2D eigenvalue weighted by atomic mass is 32.2. The van der Waals surface area contributed by atoms with Crippen molar-refractivity contribution in [2.45, 2.75) is 43.4 Å². The first-order chi connectivity index (χ1) is 8.19. The predicted molar refractivity (Wildman–Crippen MR) is 74.0 cm³/mol. The molecule has 3 nitrogen and oxygen atoms in total. The molecule has 0 heterocycles. The molecule has 5 heteroatoms. The number of rotatable bonds is 3. The van der Waals surface area contributed by atoms with Crippen LogP contribution in [0.5, 0.6) is 0 Å². The van der Waals surface area contributed by atoms with Crippen molar-refractivity contribution in [2.24, 2.45) is 0 Å². The summed E-state index contributed by atoms with van der Waals surface area (Å²) < 4.78 is 13.3. The number of amides is 1. The normalized spacial score (nSPS) is 13.2. The van der Waals surface area contributed by atoms with Gasteiger partial charge in [-0.3, -0.25) is 4.79 Å². The first kappa shape index (κ1) is 14.8. The lowest BCUT2D eigenvalue weighted by molar-refractivity contribution is -0.121. The van der Waals surface area contributed by atoms with Crippen LogP contribution in [-0.2, 0) is 4.79 Å². The fraction of sp³-hybridized carbons (Fsp3) is 0.462. The molecule has 1 unspecified atom stereocenters. The lowest BCUT2D eigenvalue weighted by atomic mass is 10.1. The van der Waals surface area contributed by atoms with Gasteiger partial charge in [-0.15, -0.1) is 11.8 Å². The van der Waals surface area contributed by atoms with E-state index in [1.807, 2.05) is 20.8 Å². The molecule has 3 N–H and O–H groups in total. The Morgan fingerprint density at radius 3 is 2.56 bits per heavy atom.